The fourth-order valence-corrected chi connectivity index (χ4v) is 2.56. The van der Waals surface area contributed by atoms with E-state index in [4.69, 9.17) is 5.73 Å². The number of nitrogens with two attached hydrogens (primary N) is 1. The lowest BCUT2D eigenvalue weighted by molar-refractivity contribution is -0.255. The lowest BCUT2D eigenvalue weighted by Crippen LogP contribution is -2.69. The molecule has 0 spiro atoms. The van der Waals surface area contributed by atoms with Crippen molar-refractivity contribution in [2.45, 2.75) is 58.2 Å². The van der Waals surface area contributed by atoms with Crippen LogP contribution >= 0.6 is 0 Å². The Morgan fingerprint density at radius 3 is 2.27 bits per heavy atom. The molecule has 3 N–H and O–H groups in total. The maximum atomic E-state index is 11.5. The van der Waals surface area contributed by atoms with Gasteiger partial charge in [-0.15, -0.1) is 0 Å². The molecule has 1 aliphatic heterocycles. The Morgan fingerprint density at radius 2 is 1.87 bits per heavy atom. The van der Waals surface area contributed by atoms with Crippen LogP contribution in [0, 0.1) is 5.92 Å². The zero-order chi connectivity index (χ0) is 12.0. The molecule has 4 heteroatoms. The van der Waals surface area contributed by atoms with Crippen molar-refractivity contribution in [2.24, 2.45) is 11.7 Å². The number of piperidine rings is 1. The number of hydrogen-bond donors (Lipinski definition) is 2. The molecule has 2 unspecified atom stereocenters. The summed E-state index contributed by atoms with van der Waals surface area (Å²) in [5.74, 6) is -0.0600. The highest BCUT2D eigenvalue weighted by Crippen LogP contribution is 2.39. The molecule has 1 rings (SSSR count). The van der Waals surface area contributed by atoms with Gasteiger partial charge in [0.25, 0.3) is 0 Å². The number of carbonyl (C=O) groups excluding carboxylic acids is 1. The number of hydroxylamine groups is 2. The summed E-state index contributed by atoms with van der Waals surface area (Å²) < 4.78 is 0. The van der Waals surface area contributed by atoms with Gasteiger partial charge in [-0.1, -0.05) is 0 Å². The van der Waals surface area contributed by atoms with Gasteiger partial charge < -0.3 is 10.9 Å². The Labute approximate surface area is 91.4 Å². The lowest BCUT2D eigenvalue weighted by Gasteiger charge is -2.54. The summed E-state index contributed by atoms with van der Waals surface area (Å²) in [6.07, 6.45) is 0.601. The zero-order valence-corrected chi connectivity index (χ0v) is 10.2. The minimum atomic E-state index is -0.571. The van der Waals surface area contributed by atoms with Crippen molar-refractivity contribution in [3.05, 3.63) is 0 Å². The van der Waals surface area contributed by atoms with Gasteiger partial charge >= 0.3 is 0 Å². The van der Waals surface area contributed by atoms with Crippen LogP contribution in [0.15, 0.2) is 0 Å². The van der Waals surface area contributed by atoms with Gasteiger partial charge in [-0.25, -0.2) is 0 Å². The maximum Gasteiger partial charge on any atom is 0.134 e. The Kier molecular flexibility index (Phi) is 2.98. The first-order valence-electron chi connectivity index (χ1n) is 5.36. The first-order chi connectivity index (χ1) is 6.60. The molecule has 0 amide bonds. The highest BCUT2D eigenvalue weighted by molar-refractivity contribution is 5.79. The molecule has 1 aliphatic rings. The average molecular weight is 214 g/mol. The van der Waals surface area contributed by atoms with Crippen LogP contribution in [0.1, 0.15) is 41.0 Å². The Bertz CT molecular complexity index is 274. The molecule has 0 aromatic heterocycles. The molecule has 1 fully saturated rings. The number of Topliss-reactive ketones (excluding diaryl/α,β-unsaturated/α-hetero) is 1. The third-order valence-electron chi connectivity index (χ3n) is 3.61. The zero-order valence-electron chi connectivity index (χ0n) is 10.2. The highest BCUT2D eigenvalue weighted by atomic mass is 16.5. The van der Waals surface area contributed by atoms with Crippen LogP contribution in [0.25, 0.3) is 0 Å². The van der Waals surface area contributed by atoms with Crippen LogP contribution in [0.3, 0.4) is 0 Å². The van der Waals surface area contributed by atoms with E-state index in [1.54, 1.807) is 6.92 Å². The second kappa shape index (κ2) is 3.54. The number of hydrogen-bond acceptors (Lipinski definition) is 4. The minimum absolute atomic E-state index is 0.108. The van der Waals surface area contributed by atoms with Crippen LogP contribution in [-0.4, -0.2) is 33.2 Å². The van der Waals surface area contributed by atoms with Gasteiger partial charge in [0.05, 0.1) is 5.54 Å². The monoisotopic (exact) mass is 214 g/mol. The van der Waals surface area contributed by atoms with E-state index in [2.05, 4.69) is 0 Å². The second-order valence-electron chi connectivity index (χ2n) is 5.72. The molecule has 4 nitrogen and oxygen atoms in total. The molecule has 0 saturated carbocycles. The van der Waals surface area contributed by atoms with E-state index in [0.29, 0.717) is 6.42 Å². The summed E-state index contributed by atoms with van der Waals surface area (Å²) in [5.41, 5.74) is 5.07. The standard InChI is InChI=1S/C11H22N2O2/c1-7(14)8-6-10(2,3)13(15)11(4,5)9(8)12/h8-9,15H,6,12H2,1-5H3. The van der Waals surface area contributed by atoms with E-state index < -0.39 is 11.1 Å². The smallest absolute Gasteiger partial charge is 0.134 e. The molecular formula is C11H22N2O2. The van der Waals surface area contributed by atoms with Gasteiger partial charge in [0, 0.05) is 17.5 Å². The fourth-order valence-electron chi connectivity index (χ4n) is 2.56. The van der Waals surface area contributed by atoms with Gasteiger partial charge in [-0.3, -0.25) is 4.79 Å². The second-order valence-corrected chi connectivity index (χ2v) is 5.72. The van der Waals surface area contributed by atoms with E-state index in [1.165, 1.54) is 5.06 Å². The number of rotatable bonds is 1. The van der Waals surface area contributed by atoms with E-state index in [0.717, 1.165) is 0 Å². The number of nitrogens with zero attached hydrogens (tertiary/aromatic N) is 1. The van der Waals surface area contributed by atoms with Crippen molar-refractivity contribution in [3.8, 4) is 0 Å². The fraction of sp³-hybridized carbons (Fsp3) is 0.909. The van der Waals surface area contributed by atoms with E-state index >= 15 is 0 Å². The Morgan fingerprint density at radius 1 is 1.40 bits per heavy atom. The third kappa shape index (κ3) is 1.94. The minimum Gasteiger partial charge on any atom is -0.325 e. The van der Waals surface area contributed by atoms with E-state index in [1.807, 2.05) is 27.7 Å². The summed E-state index contributed by atoms with van der Waals surface area (Å²) in [7, 11) is 0. The molecule has 0 radical (unpaired) electrons. The van der Waals surface area contributed by atoms with Gasteiger partial charge in [-0.05, 0) is 41.0 Å². The molecule has 1 saturated heterocycles. The largest absolute Gasteiger partial charge is 0.325 e. The molecule has 1 heterocycles. The Balaban J connectivity index is 3.07. The highest BCUT2D eigenvalue weighted by Gasteiger charge is 2.51. The van der Waals surface area contributed by atoms with E-state index in [9.17, 15) is 10.0 Å². The van der Waals surface area contributed by atoms with Gasteiger partial charge in [0.15, 0.2) is 0 Å². The maximum absolute atomic E-state index is 11.5. The molecule has 2 atom stereocenters. The average Bonchev–Trinajstić information content (AvgIpc) is 2.09. The normalized spacial score (nSPS) is 35.1. The Hall–Kier alpha value is -0.450. The predicted octanol–water partition coefficient (Wildman–Crippen LogP) is 1.17. The van der Waals surface area contributed by atoms with E-state index in [-0.39, 0.29) is 17.7 Å². The first kappa shape index (κ1) is 12.6. The summed E-state index contributed by atoms with van der Waals surface area (Å²) >= 11 is 0. The van der Waals surface area contributed by atoms with Gasteiger partial charge in [-0.2, -0.15) is 5.06 Å². The van der Waals surface area contributed by atoms with Crippen LogP contribution in [0.2, 0.25) is 0 Å². The van der Waals surface area contributed by atoms with Crippen LogP contribution in [0.5, 0.6) is 0 Å². The lowest BCUT2D eigenvalue weighted by atomic mass is 9.70. The van der Waals surface area contributed by atoms with Gasteiger partial charge in [0.1, 0.15) is 5.78 Å². The van der Waals surface area contributed by atoms with Crippen molar-refractivity contribution < 1.29 is 10.0 Å². The van der Waals surface area contributed by atoms with Crippen LogP contribution in [-0.2, 0) is 4.79 Å². The number of carbonyl (C=O) groups is 1. The first-order valence-corrected chi connectivity index (χ1v) is 5.36. The predicted molar refractivity (Wildman–Crippen MR) is 58.5 cm³/mol. The van der Waals surface area contributed by atoms with Crippen molar-refractivity contribution >= 4 is 5.78 Å². The molecule has 0 aromatic rings. The van der Waals surface area contributed by atoms with Crippen LogP contribution < -0.4 is 5.73 Å². The molecular weight excluding hydrogens is 192 g/mol. The van der Waals surface area contributed by atoms with Crippen molar-refractivity contribution in [1.82, 2.24) is 5.06 Å². The SMILES string of the molecule is CC(=O)C1CC(C)(C)N(O)C(C)(C)C1N. The van der Waals surface area contributed by atoms with Crippen molar-refractivity contribution in [3.63, 3.8) is 0 Å². The topological polar surface area (TPSA) is 66.6 Å². The van der Waals surface area contributed by atoms with Crippen molar-refractivity contribution in [1.29, 1.82) is 0 Å². The molecule has 0 bridgehead atoms. The molecule has 15 heavy (non-hydrogen) atoms. The summed E-state index contributed by atoms with van der Waals surface area (Å²) in [6.45, 7) is 9.17. The van der Waals surface area contributed by atoms with Crippen LogP contribution in [0.4, 0.5) is 0 Å². The quantitative estimate of drug-likeness (QED) is 0.687. The molecule has 0 aliphatic carbocycles. The number of ketones is 1. The molecule has 0 aromatic carbocycles. The molecule has 88 valence electrons. The van der Waals surface area contributed by atoms with Crippen molar-refractivity contribution in [2.75, 3.05) is 0 Å². The summed E-state index contributed by atoms with van der Waals surface area (Å²) in [6, 6.07) is -0.326. The van der Waals surface area contributed by atoms with Gasteiger partial charge in [0.2, 0.25) is 0 Å². The summed E-state index contributed by atoms with van der Waals surface area (Å²) in [4.78, 5) is 11.5. The third-order valence-corrected chi connectivity index (χ3v) is 3.61. The summed E-state index contributed by atoms with van der Waals surface area (Å²) in [5, 5.41) is 11.4.